The van der Waals surface area contributed by atoms with Crippen molar-refractivity contribution in [2.75, 3.05) is 6.54 Å². The van der Waals surface area contributed by atoms with Crippen molar-refractivity contribution in [1.82, 2.24) is 25.9 Å². The van der Waals surface area contributed by atoms with Crippen LogP contribution in [0.3, 0.4) is 0 Å². The van der Waals surface area contributed by atoms with Gasteiger partial charge in [-0.05, 0) is 6.42 Å². The fourth-order valence-electron chi connectivity index (χ4n) is 1.50. The van der Waals surface area contributed by atoms with E-state index >= 15 is 0 Å². The van der Waals surface area contributed by atoms with Crippen LogP contribution >= 0.6 is 0 Å². The molecule has 0 bridgehead atoms. The summed E-state index contributed by atoms with van der Waals surface area (Å²) in [4.78, 5) is 41.2. The van der Waals surface area contributed by atoms with E-state index in [1.165, 1.54) is 18.6 Å². The zero-order valence-corrected chi connectivity index (χ0v) is 9.34. The van der Waals surface area contributed by atoms with Crippen molar-refractivity contribution in [1.29, 1.82) is 0 Å². The van der Waals surface area contributed by atoms with Crippen molar-refractivity contribution >= 4 is 17.8 Å². The quantitative estimate of drug-likeness (QED) is 0.580. The molecule has 1 aromatic heterocycles. The highest BCUT2D eigenvalue weighted by Crippen LogP contribution is 1.98. The van der Waals surface area contributed by atoms with Crippen LogP contribution in [0.25, 0.3) is 0 Å². The molecule has 1 atom stereocenters. The number of nitrogens with one attached hydrogen (secondary N) is 3. The SMILES string of the molecule is O=C1NC(=O)C(CCNC(=O)c2cnccn2)N1. The molecule has 1 aliphatic heterocycles. The molecule has 0 aromatic carbocycles. The molecule has 0 saturated carbocycles. The third-order valence-corrected chi connectivity index (χ3v) is 2.37. The van der Waals surface area contributed by atoms with Gasteiger partial charge in [-0.25, -0.2) is 9.78 Å². The molecule has 1 saturated heterocycles. The zero-order chi connectivity index (χ0) is 13.0. The largest absolute Gasteiger partial charge is 0.351 e. The van der Waals surface area contributed by atoms with Crippen LogP contribution in [0.5, 0.6) is 0 Å². The molecule has 1 fully saturated rings. The second-order valence-electron chi connectivity index (χ2n) is 3.65. The molecule has 8 heteroatoms. The van der Waals surface area contributed by atoms with Gasteiger partial charge >= 0.3 is 6.03 Å². The maximum absolute atomic E-state index is 11.6. The van der Waals surface area contributed by atoms with Crippen molar-refractivity contribution in [3.05, 3.63) is 24.3 Å². The summed E-state index contributed by atoms with van der Waals surface area (Å²) in [5, 5.41) is 7.14. The highest BCUT2D eigenvalue weighted by molar-refractivity contribution is 6.04. The lowest BCUT2D eigenvalue weighted by molar-refractivity contribution is -0.120. The zero-order valence-electron chi connectivity index (χ0n) is 9.34. The predicted molar refractivity (Wildman–Crippen MR) is 59.4 cm³/mol. The maximum atomic E-state index is 11.6. The van der Waals surface area contributed by atoms with Crippen molar-refractivity contribution in [2.45, 2.75) is 12.5 Å². The molecule has 94 valence electrons. The number of nitrogens with zero attached hydrogens (tertiary/aromatic N) is 2. The summed E-state index contributed by atoms with van der Waals surface area (Å²) < 4.78 is 0. The van der Waals surface area contributed by atoms with E-state index < -0.39 is 12.1 Å². The Morgan fingerprint density at radius 2 is 2.22 bits per heavy atom. The van der Waals surface area contributed by atoms with Gasteiger partial charge in [-0.1, -0.05) is 0 Å². The second-order valence-corrected chi connectivity index (χ2v) is 3.65. The van der Waals surface area contributed by atoms with E-state index in [0.717, 1.165) is 0 Å². The molecule has 2 rings (SSSR count). The third kappa shape index (κ3) is 2.78. The molecule has 1 unspecified atom stereocenters. The topological polar surface area (TPSA) is 113 Å². The third-order valence-electron chi connectivity index (χ3n) is 2.37. The lowest BCUT2D eigenvalue weighted by Crippen LogP contribution is -2.34. The van der Waals surface area contributed by atoms with E-state index in [1.807, 2.05) is 0 Å². The van der Waals surface area contributed by atoms with E-state index in [-0.39, 0.29) is 24.1 Å². The molecule has 0 spiro atoms. The summed E-state index contributed by atoms with van der Waals surface area (Å²) in [5.74, 6) is -0.749. The van der Waals surface area contributed by atoms with Gasteiger partial charge in [0.05, 0.1) is 6.20 Å². The molecule has 0 aliphatic carbocycles. The van der Waals surface area contributed by atoms with Crippen LogP contribution in [0.1, 0.15) is 16.9 Å². The van der Waals surface area contributed by atoms with Gasteiger partial charge < -0.3 is 10.6 Å². The Labute approximate surface area is 102 Å². The van der Waals surface area contributed by atoms with Gasteiger partial charge in [0, 0.05) is 18.9 Å². The minimum absolute atomic E-state index is 0.206. The highest BCUT2D eigenvalue weighted by atomic mass is 16.2. The van der Waals surface area contributed by atoms with Crippen LogP contribution in [0.15, 0.2) is 18.6 Å². The Morgan fingerprint density at radius 3 is 2.83 bits per heavy atom. The molecule has 3 N–H and O–H groups in total. The second kappa shape index (κ2) is 5.21. The van der Waals surface area contributed by atoms with Gasteiger partial charge in [-0.15, -0.1) is 0 Å². The number of urea groups is 1. The standard InChI is InChI=1S/C10H11N5O3/c16-8(7-5-11-3-4-12-7)13-2-1-6-9(17)15-10(18)14-6/h3-6H,1-2H2,(H,13,16)(H2,14,15,17,18). The Morgan fingerprint density at radius 1 is 1.39 bits per heavy atom. The van der Waals surface area contributed by atoms with Crippen molar-refractivity contribution < 1.29 is 14.4 Å². The van der Waals surface area contributed by atoms with E-state index in [0.29, 0.717) is 6.42 Å². The van der Waals surface area contributed by atoms with Gasteiger partial charge in [-0.2, -0.15) is 0 Å². The lowest BCUT2D eigenvalue weighted by atomic mass is 10.2. The van der Waals surface area contributed by atoms with Crippen LogP contribution in [0, 0.1) is 0 Å². The summed E-state index contributed by atoms with van der Waals surface area (Å²) >= 11 is 0. The molecule has 1 aliphatic rings. The van der Waals surface area contributed by atoms with Crippen molar-refractivity contribution in [3.8, 4) is 0 Å². The van der Waals surface area contributed by atoms with E-state index in [4.69, 9.17) is 0 Å². The van der Waals surface area contributed by atoms with Crippen molar-refractivity contribution in [2.24, 2.45) is 0 Å². The average Bonchev–Trinajstić information content (AvgIpc) is 2.69. The number of carbonyl (C=O) groups is 3. The lowest BCUT2D eigenvalue weighted by Gasteiger charge is -2.07. The molecule has 8 nitrogen and oxygen atoms in total. The fourth-order valence-corrected chi connectivity index (χ4v) is 1.50. The van der Waals surface area contributed by atoms with Crippen LogP contribution in [0.4, 0.5) is 4.79 Å². The van der Waals surface area contributed by atoms with Gasteiger partial charge in [0.1, 0.15) is 11.7 Å². The summed E-state index contributed by atoms with van der Waals surface area (Å²) in [6.07, 6.45) is 4.55. The molecule has 4 amide bonds. The molecule has 1 aromatic rings. The number of amides is 4. The Balaban J connectivity index is 1.78. The summed E-state index contributed by atoms with van der Waals surface area (Å²) in [6.45, 7) is 0.258. The number of imide groups is 1. The summed E-state index contributed by atoms with van der Waals surface area (Å²) in [5.41, 5.74) is 0.206. The van der Waals surface area contributed by atoms with Crippen molar-refractivity contribution in [3.63, 3.8) is 0 Å². The van der Waals surface area contributed by atoms with E-state index in [9.17, 15) is 14.4 Å². The van der Waals surface area contributed by atoms with Gasteiger partial charge in [0.2, 0.25) is 0 Å². The summed E-state index contributed by atoms with van der Waals surface area (Å²) in [7, 11) is 0. The smallest absolute Gasteiger partial charge is 0.322 e. The number of hydrogen-bond acceptors (Lipinski definition) is 5. The first-order valence-electron chi connectivity index (χ1n) is 5.32. The van der Waals surface area contributed by atoms with Crippen LogP contribution in [-0.4, -0.2) is 40.4 Å². The van der Waals surface area contributed by atoms with Gasteiger partial charge in [-0.3, -0.25) is 19.9 Å². The van der Waals surface area contributed by atoms with E-state index in [1.54, 1.807) is 0 Å². The first-order valence-corrected chi connectivity index (χ1v) is 5.32. The molecular formula is C10H11N5O3. The normalized spacial score (nSPS) is 18.1. The minimum atomic E-state index is -0.598. The Bertz CT molecular complexity index is 476. The van der Waals surface area contributed by atoms with Gasteiger partial charge in [0.25, 0.3) is 11.8 Å². The number of aromatic nitrogens is 2. The molecule has 0 radical (unpaired) electrons. The first-order chi connectivity index (χ1) is 8.66. The fraction of sp³-hybridized carbons (Fsp3) is 0.300. The first kappa shape index (κ1) is 12.0. The minimum Gasteiger partial charge on any atom is -0.351 e. The van der Waals surface area contributed by atoms with E-state index in [2.05, 4.69) is 25.9 Å². The average molecular weight is 249 g/mol. The number of carbonyl (C=O) groups excluding carboxylic acids is 3. The van der Waals surface area contributed by atoms with Crippen LogP contribution in [-0.2, 0) is 4.79 Å². The predicted octanol–water partition coefficient (Wildman–Crippen LogP) is -1.20. The molecular weight excluding hydrogens is 238 g/mol. The van der Waals surface area contributed by atoms with Gasteiger partial charge in [0.15, 0.2) is 0 Å². The van der Waals surface area contributed by atoms with Crippen LogP contribution in [0.2, 0.25) is 0 Å². The Hall–Kier alpha value is -2.51. The number of hydrogen-bond donors (Lipinski definition) is 3. The number of rotatable bonds is 4. The van der Waals surface area contributed by atoms with Crippen LogP contribution < -0.4 is 16.0 Å². The Kier molecular flexibility index (Phi) is 3.46. The molecule has 18 heavy (non-hydrogen) atoms. The maximum Gasteiger partial charge on any atom is 0.322 e. The summed E-state index contributed by atoms with van der Waals surface area (Å²) in [6, 6.07) is -1.11. The molecule has 2 heterocycles. The highest BCUT2D eigenvalue weighted by Gasteiger charge is 2.28. The monoisotopic (exact) mass is 249 g/mol.